The first-order chi connectivity index (χ1) is 10.3. The number of nitrogens with zero attached hydrogens (tertiary/aromatic N) is 1. The van der Waals surface area contributed by atoms with Gasteiger partial charge in [-0.1, -0.05) is 49.2 Å². The number of pyridine rings is 1. The summed E-state index contributed by atoms with van der Waals surface area (Å²) in [6.07, 6.45) is 10.1. The molecule has 2 aromatic rings. The molecule has 1 heterocycles. The van der Waals surface area contributed by atoms with Gasteiger partial charge in [-0.25, -0.2) is 0 Å². The van der Waals surface area contributed by atoms with Crippen LogP contribution in [0.5, 0.6) is 0 Å². The van der Waals surface area contributed by atoms with Crippen molar-refractivity contribution >= 4 is 0 Å². The van der Waals surface area contributed by atoms with E-state index in [1.807, 2.05) is 18.5 Å². The first kappa shape index (κ1) is 14.3. The van der Waals surface area contributed by atoms with Crippen molar-refractivity contribution in [3.8, 4) is 0 Å². The fraction of sp³-hybridized carbons (Fsp3) is 0.421. The fourth-order valence-electron chi connectivity index (χ4n) is 3.94. The number of nitrogens with one attached hydrogen (secondary N) is 1. The Hall–Kier alpha value is -1.67. The number of hydrogen-bond acceptors (Lipinski definition) is 2. The third-order valence-corrected chi connectivity index (χ3v) is 5.02. The number of benzene rings is 1. The summed E-state index contributed by atoms with van der Waals surface area (Å²) in [7, 11) is 2.10. The van der Waals surface area contributed by atoms with Gasteiger partial charge in [-0.15, -0.1) is 0 Å². The van der Waals surface area contributed by atoms with Gasteiger partial charge >= 0.3 is 0 Å². The van der Waals surface area contributed by atoms with Crippen molar-refractivity contribution in [2.45, 2.75) is 43.6 Å². The summed E-state index contributed by atoms with van der Waals surface area (Å²) in [6.45, 7) is 0. The molecule has 1 unspecified atom stereocenters. The first-order valence-corrected chi connectivity index (χ1v) is 7.97. The number of aromatic nitrogens is 1. The topological polar surface area (TPSA) is 24.9 Å². The van der Waals surface area contributed by atoms with Gasteiger partial charge in [0.05, 0.1) is 0 Å². The standard InChI is InChI=1S/C19H24N2/c1-20-18(14-16-8-7-13-21-15-16)19(11-5-6-12-19)17-9-3-2-4-10-17/h2-4,7-10,13,15,18,20H,5-6,11-12,14H2,1H3. The molecule has 1 aliphatic rings. The molecule has 1 aliphatic carbocycles. The number of hydrogen-bond donors (Lipinski definition) is 1. The number of likely N-dealkylation sites (N-methyl/N-ethyl adjacent to an activating group) is 1. The quantitative estimate of drug-likeness (QED) is 0.903. The normalized spacial score (nSPS) is 18.5. The van der Waals surface area contributed by atoms with Gasteiger partial charge in [0.25, 0.3) is 0 Å². The monoisotopic (exact) mass is 280 g/mol. The summed E-state index contributed by atoms with van der Waals surface area (Å²) in [5.74, 6) is 0. The fourth-order valence-corrected chi connectivity index (χ4v) is 3.94. The lowest BCUT2D eigenvalue weighted by atomic mass is 9.71. The number of rotatable bonds is 5. The second kappa shape index (κ2) is 6.40. The molecule has 0 bridgehead atoms. The lowest BCUT2D eigenvalue weighted by Crippen LogP contribution is -2.47. The van der Waals surface area contributed by atoms with E-state index in [1.54, 1.807) is 0 Å². The van der Waals surface area contributed by atoms with E-state index in [4.69, 9.17) is 0 Å². The van der Waals surface area contributed by atoms with E-state index >= 15 is 0 Å². The maximum absolute atomic E-state index is 4.27. The zero-order valence-electron chi connectivity index (χ0n) is 12.8. The van der Waals surface area contributed by atoms with Crippen molar-refractivity contribution in [3.63, 3.8) is 0 Å². The molecular weight excluding hydrogens is 256 g/mol. The molecule has 0 radical (unpaired) electrons. The zero-order chi connectivity index (χ0) is 14.5. The third-order valence-electron chi connectivity index (χ3n) is 5.02. The Balaban J connectivity index is 1.92. The Morgan fingerprint density at radius 2 is 1.86 bits per heavy atom. The Labute approximate surface area is 127 Å². The average molecular weight is 280 g/mol. The predicted molar refractivity (Wildman–Crippen MR) is 87.4 cm³/mol. The minimum absolute atomic E-state index is 0.270. The van der Waals surface area contributed by atoms with Gasteiger partial charge in [0.15, 0.2) is 0 Å². The summed E-state index contributed by atoms with van der Waals surface area (Å²) in [5.41, 5.74) is 3.08. The maximum Gasteiger partial charge on any atom is 0.0300 e. The average Bonchev–Trinajstić information content (AvgIpc) is 3.05. The van der Waals surface area contributed by atoms with Crippen LogP contribution in [0.1, 0.15) is 36.8 Å². The molecule has 1 saturated carbocycles. The summed E-state index contributed by atoms with van der Waals surface area (Å²) >= 11 is 0. The highest BCUT2D eigenvalue weighted by Gasteiger charge is 2.41. The van der Waals surface area contributed by atoms with E-state index in [1.165, 1.54) is 36.8 Å². The molecule has 110 valence electrons. The zero-order valence-corrected chi connectivity index (χ0v) is 12.8. The van der Waals surface area contributed by atoms with Gasteiger partial charge in [0.2, 0.25) is 0 Å². The molecule has 1 aromatic carbocycles. The largest absolute Gasteiger partial charge is 0.316 e. The van der Waals surface area contributed by atoms with Gasteiger partial charge in [-0.05, 0) is 43.5 Å². The smallest absolute Gasteiger partial charge is 0.0300 e. The van der Waals surface area contributed by atoms with Crippen molar-refractivity contribution in [1.29, 1.82) is 0 Å². The molecular formula is C19H24N2. The lowest BCUT2D eigenvalue weighted by molar-refractivity contribution is 0.307. The molecule has 2 nitrogen and oxygen atoms in total. The summed E-state index contributed by atoms with van der Waals surface area (Å²) in [5, 5.41) is 3.60. The molecule has 0 amide bonds. The highest BCUT2D eigenvalue weighted by atomic mass is 14.9. The highest BCUT2D eigenvalue weighted by Crippen LogP contribution is 2.44. The molecule has 0 saturated heterocycles. The van der Waals surface area contributed by atoms with Crippen LogP contribution in [0.4, 0.5) is 0 Å². The molecule has 2 heteroatoms. The molecule has 1 fully saturated rings. The Morgan fingerprint density at radius 1 is 1.10 bits per heavy atom. The second-order valence-corrected chi connectivity index (χ2v) is 6.14. The van der Waals surface area contributed by atoms with Crippen LogP contribution in [0, 0.1) is 0 Å². The van der Waals surface area contributed by atoms with Crippen molar-refractivity contribution in [3.05, 3.63) is 66.0 Å². The van der Waals surface area contributed by atoms with Crippen LogP contribution < -0.4 is 5.32 Å². The van der Waals surface area contributed by atoms with Crippen molar-refractivity contribution in [1.82, 2.24) is 10.3 Å². The van der Waals surface area contributed by atoms with Gasteiger partial charge in [-0.3, -0.25) is 4.98 Å². The van der Waals surface area contributed by atoms with Crippen molar-refractivity contribution in [2.75, 3.05) is 7.05 Å². The molecule has 21 heavy (non-hydrogen) atoms. The summed E-state index contributed by atoms with van der Waals surface area (Å²) < 4.78 is 0. The van der Waals surface area contributed by atoms with Crippen LogP contribution >= 0.6 is 0 Å². The highest BCUT2D eigenvalue weighted by molar-refractivity contribution is 5.30. The van der Waals surface area contributed by atoms with Crippen LogP contribution in [-0.2, 0) is 11.8 Å². The maximum atomic E-state index is 4.27. The third kappa shape index (κ3) is 2.86. The Kier molecular flexibility index (Phi) is 4.35. The molecule has 0 aliphatic heterocycles. The van der Waals surface area contributed by atoms with E-state index in [2.05, 4.69) is 53.7 Å². The summed E-state index contributed by atoms with van der Waals surface area (Å²) in [6, 6.07) is 15.8. The second-order valence-electron chi connectivity index (χ2n) is 6.14. The van der Waals surface area contributed by atoms with Crippen molar-refractivity contribution in [2.24, 2.45) is 0 Å². The van der Waals surface area contributed by atoms with E-state index in [-0.39, 0.29) is 5.41 Å². The van der Waals surface area contributed by atoms with Gasteiger partial charge in [0.1, 0.15) is 0 Å². The lowest BCUT2D eigenvalue weighted by Gasteiger charge is -2.38. The van der Waals surface area contributed by atoms with E-state index < -0.39 is 0 Å². The van der Waals surface area contributed by atoms with Gasteiger partial charge in [0, 0.05) is 23.9 Å². The van der Waals surface area contributed by atoms with Crippen molar-refractivity contribution < 1.29 is 0 Å². The van der Waals surface area contributed by atoms with E-state index in [9.17, 15) is 0 Å². The molecule has 1 aromatic heterocycles. The minimum Gasteiger partial charge on any atom is -0.316 e. The van der Waals surface area contributed by atoms with Crippen LogP contribution in [0.25, 0.3) is 0 Å². The van der Waals surface area contributed by atoms with Crippen LogP contribution in [0.3, 0.4) is 0 Å². The predicted octanol–water partition coefficient (Wildman–Crippen LogP) is 3.72. The summed E-state index contributed by atoms with van der Waals surface area (Å²) in [4.78, 5) is 4.27. The SMILES string of the molecule is CNC(Cc1cccnc1)C1(c2ccccc2)CCCC1. The molecule has 0 spiro atoms. The van der Waals surface area contributed by atoms with Gasteiger partial charge in [-0.2, -0.15) is 0 Å². The Morgan fingerprint density at radius 3 is 2.48 bits per heavy atom. The first-order valence-electron chi connectivity index (χ1n) is 7.97. The minimum atomic E-state index is 0.270. The van der Waals surface area contributed by atoms with Crippen LogP contribution in [-0.4, -0.2) is 18.1 Å². The molecule has 1 N–H and O–H groups in total. The van der Waals surface area contributed by atoms with E-state index in [0.29, 0.717) is 6.04 Å². The molecule has 1 atom stereocenters. The molecule has 3 rings (SSSR count). The van der Waals surface area contributed by atoms with Crippen LogP contribution in [0.15, 0.2) is 54.9 Å². The van der Waals surface area contributed by atoms with Crippen LogP contribution in [0.2, 0.25) is 0 Å². The van der Waals surface area contributed by atoms with Gasteiger partial charge < -0.3 is 5.32 Å². The van der Waals surface area contributed by atoms with E-state index in [0.717, 1.165) is 6.42 Å². The Bertz CT molecular complexity index is 544.